The Kier molecular flexibility index (Phi) is 3.07. The van der Waals surface area contributed by atoms with Gasteiger partial charge >= 0.3 is 0 Å². The normalized spacial score (nSPS) is 10.8. The number of nitro benzene ring substituents is 1. The lowest BCUT2D eigenvalue weighted by Crippen LogP contribution is -2.01. The van der Waals surface area contributed by atoms with E-state index in [-0.39, 0.29) is 5.69 Å². The number of fused-ring (bicyclic) bond motifs is 1. The molecule has 0 spiro atoms. The molecule has 100 valence electrons. The summed E-state index contributed by atoms with van der Waals surface area (Å²) >= 11 is 1.42. The molecule has 0 saturated carbocycles. The van der Waals surface area contributed by atoms with Crippen molar-refractivity contribution in [3.63, 3.8) is 0 Å². The van der Waals surface area contributed by atoms with E-state index in [1.165, 1.54) is 23.9 Å². The fourth-order valence-corrected chi connectivity index (χ4v) is 2.20. The first kappa shape index (κ1) is 12.5. The van der Waals surface area contributed by atoms with Crippen LogP contribution in [0.2, 0.25) is 0 Å². The molecule has 3 aromatic rings. The fourth-order valence-electron chi connectivity index (χ4n) is 1.85. The first-order chi connectivity index (χ1) is 9.69. The molecule has 0 aliphatic rings. The molecule has 8 heteroatoms. The third-order valence-electron chi connectivity index (χ3n) is 2.78. The van der Waals surface area contributed by atoms with Crippen molar-refractivity contribution in [2.75, 3.05) is 6.26 Å². The fraction of sp³-hybridized carbons (Fsp3) is 0.0833. The highest BCUT2D eigenvalue weighted by Gasteiger charge is 2.12. The molecule has 0 aliphatic carbocycles. The lowest BCUT2D eigenvalue weighted by Gasteiger charge is -2.03. The number of nitrogens with zero attached hydrogens (tertiary/aromatic N) is 5. The Bertz CT molecular complexity index is 801. The van der Waals surface area contributed by atoms with Gasteiger partial charge in [-0.25, -0.2) is 14.6 Å². The molecule has 0 bridgehead atoms. The molecule has 0 aliphatic heterocycles. The molecule has 7 nitrogen and oxygen atoms in total. The highest BCUT2D eigenvalue weighted by molar-refractivity contribution is 7.98. The molecule has 20 heavy (non-hydrogen) atoms. The number of hydrogen-bond acceptors (Lipinski definition) is 6. The second-order valence-electron chi connectivity index (χ2n) is 3.96. The van der Waals surface area contributed by atoms with E-state index in [2.05, 4.69) is 15.1 Å². The average molecular weight is 287 g/mol. The quantitative estimate of drug-likeness (QED) is 0.318. The first-order valence-electron chi connectivity index (χ1n) is 5.68. The molecule has 0 saturated heterocycles. The van der Waals surface area contributed by atoms with E-state index >= 15 is 0 Å². The van der Waals surface area contributed by atoms with E-state index in [1.807, 2.05) is 6.26 Å². The van der Waals surface area contributed by atoms with Gasteiger partial charge in [0.1, 0.15) is 0 Å². The molecule has 0 radical (unpaired) electrons. The maximum absolute atomic E-state index is 10.9. The molecule has 0 amide bonds. The van der Waals surface area contributed by atoms with Gasteiger partial charge in [0.25, 0.3) is 5.69 Å². The van der Waals surface area contributed by atoms with Gasteiger partial charge in [-0.1, -0.05) is 11.8 Å². The molecular weight excluding hydrogens is 278 g/mol. The van der Waals surface area contributed by atoms with Crippen LogP contribution in [0, 0.1) is 10.1 Å². The SMILES string of the molecule is CSc1nccc(-n2ncc3ccc([N+](=O)[O-])cc32)n1. The predicted molar refractivity (Wildman–Crippen MR) is 75.1 cm³/mol. The minimum atomic E-state index is -0.427. The summed E-state index contributed by atoms with van der Waals surface area (Å²) in [6.45, 7) is 0. The van der Waals surface area contributed by atoms with E-state index in [1.54, 1.807) is 29.2 Å². The second kappa shape index (κ2) is 4.89. The zero-order chi connectivity index (χ0) is 14.1. The number of hydrogen-bond donors (Lipinski definition) is 0. The van der Waals surface area contributed by atoms with Crippen LogP contribution < -0.4 is 0 Å². The van der Waals surface area contributed by atoms with Gasteiger partial charge in [0.15, 0.2) is 11.0 Å². The minimum absolute atomic E-state index is 0.0263. The van der Waals surface area contributed by atoms with Crippen LogP contribution in [-0.2, 0) is 0 Å². The highest BCUT2D eigenvalue weighted by Crippen LogP contribution is 2.23. The number of aromatic nitrogens is 4. The summed E-state index contributed by atoms with van der Waals surface area (Å²) in [5, 5.41) is 16.5. The molecular formula is C12H9N5O2S. The maximum atomic E-state index is 10.9. The Hall–Kier alpha value is -2.48. The van der Waals surface area contributed by atoms with Crippen LogP contribution in [0.4, 0.5) is 5.69 Å². The molecule has 0 N–H and O–H groups in total. The van der Waals surface area contributed by atoms with Crippen LogP contribution in [0.1, 0.15) is 0 Å². The Morgan fingerprint density at radius 3 is 2.95 bits per heavy atom. The Morgan fingerprint density at radius 2 is 2.20 bits per heavy atom. The molecule has 1 aromatic carbocycles. The van der Waals surface area contributed by atoms with Gasteiger partial charge in [-0.05, 0) is 12.3 Å². The minimum Gasteiger partial charge on any atom is -0.258 e. The van der Waals surface area contributed by atoms with Gasteiger partial charge in [0.2, 0.25) is 0 Å². The van der Waals surface area contributed by atoms with Gasteiger partial charge < -0.3 is 0 Å². The van der Waals surface area contributed by atoms with Crippen molar-refractivity contribution < 1.29 is 4.92 Å². The molecule has 2 heterocycles. The van der Waals surface area contributed by atoms with Crippen molar-refractivity contribution in [2.45, 2.75) is 5.16 Å². The molecule has 0 fully saturated rings. The average Bonchev–Trinajstić information content (AvgIpc) is 2.90. The van der Waals surface area contributed by atoms with Crippen molar-refractivity contribution in [3.05, 3.63) is 46.8 Å². The Labute approximate surface area is 117 Å². The first-order valence-corrected chi connectivity index (χ1v) is 6.91. The van der Waals surface area contributed by atoms with E-state index in [0.717, 1.165) is 5.39 Å². The molecule has 0 unspecified atom stereocenters. The smallest absolute Gasteiger partial charge is 0.258 e. The van der Waals surface area contributed by atoms with Crippen LogP contribution >= 0.6 is 11.8 Å². The summed E-state index contributed by atoms with van der Waals surface area (Å²) in [6, 6.07) is 6.34. The van der Waals surface area contributed by atoms with E-state index in [9.17, 15) is 10.1 Å². The van der Waals surface area contributed by atoms with Gasteiger partial charge in [0.05, 0.1) is 16.6 Å². The van der Waals surface area contributed by atoms with Crippen LogP contribution in [-0.4, -0.2) is 30.9 Å². The Balaban J connectivity index is 2.20. The van der Waals surface area contributed by atoms with E-state index in [0.29, 0.717) is 16.5 Å². The van der Waals surface area contributed by atoms with Crippen LogP contribution in [0.5, 0.6) is 0 Å². The summed E-state index contributed by atoms with van der Waals surface area (Å²) in [7, 11) is 0. The maximum Gasteiger partial charge on any atom is 0.271 e. The molecule has 3 rings (SSSR count). The molecule has 0 atom stereocenters. The summed E-state index contributed by atoms with van der Waals surface area (Å²) < 4.78 is 1.57. The number of thioether (sulfide) groups is 1. The third-order valence-corrected chi connectivity index (χ3v) is 3.35. The number of non-ortho nitro benzene ring substituents is 1. The zero-order valence-corrected chi connectivity index (χ0v) is 11.2. The van der Waals surface area contributed by atoms with Crippen LogP contribution in [0.25, 0.3) is 16.7 Å². The van der Waals surface area contributed by atoms with Crippen LogP contribution in [0.15, 0.2) is 41.8 Å². The van der Waals surface area contributed by atoms with E-state index in [4.69, 9.17) is 0 Å². The summed E-state index contributed by atoms with van der Waals surface area (Å²) in [4.78, 5) is 18.9. The number of nitro groups is 1. The largest absolute Gasteiger partial charge is 0.271 e. The zero-order valence-electron chi connectivity index (χ0n) is 10.4. The van der Waals surface area contributed by atoms with Crippen molar-refractivity contribution in [3.8, 4) is 5.82 Å². The monoisotopic (exact) mass is 287 g/mol. The summed E-state index contributed by atoms with van der Waals surface area (Å²) in [6.07, 6.45) is 5.17. The lowest BCUT2D eigenvalue weighted by atomic mass is 10.2. The standard InChI is InChI=1S/C12H9N5O2S/c1-20-12-13-5-4-11(15-12)16-10-6-9(17(18)19)3-2-8(10)7-14-16/h2-7H,1H3. The Morgan fingerprint density at radius 1 is 1.35 bits per heavy atom. The summed E-state index contributed by atoms with van der Waals surface area (Å²) in [5.41, 5.74) is 0.670. The summed E-state index contributed by atoms with van der Waals surface area (Å²) in [5.74, 6) is 0.583. The van der Waals surface area contributed by atoms with Gasteiger partial charge in [-0.2, -0.15) is 5.10 Å². The predicted octanol–water partition coefficient (Wildman–Crippen LogP) is 2.45. The highest BCUT2D eigenvalue weighted by atomic mass is 32.2. The van der Waals surface area contributed by atoms with Gasteiger partial charge in [-0.3, -0.25) is 10.1 Å². The van der Waals surface area contributed by atoms with Crippen molar-refractivity contribution in [1.82, 2.24) is 19.7 Å². The van der Waals surface area contributed by atoms with Gasteiger partial charge in [0, 0.05) is 29.8 Å². The van der Waals surface area contributed by atoms with E-state index < -0.39 is 4.92 Å². The number of rotatable bonds is 3. The molecule has 2 aromatic heterocycles. The van der Waals surface area contributed by atoms with Gasteiger partial charge in [-0.15, -0.1) is 0 Å². The van der Waals surface area contributed by atoms with Crippen molar-refractivity contribution in [2.24, 2.45) is 0 Å². The number of benzene rings is 1. The second-order valence-corrected chi connectivity index (χ2v) is 4.73. The lowest BCUT2D eigenvalue weighted by molar-refractivity contribution is -0.384. The third kappa shape index (κ3) is 2.10. The van der Waals surface area contributed by atoms with Crippen molar-refractivity contribution in [1.29, 1.82) is 0 Å². The topological polar surface area (TPSA) is 86.7 Å². The van der Waals surface area contributed by atoms with Crippen molar-refractivity contribution >= 4 is 28.4 Å². The van der Waals surface area contributed by atoms with Crippen LogP contribution in [0.3, 0.4) is 0 Å².